The second-order valence-corrected chi connectivity index (χ2v) is 12.6. The number of hydrogen-bond acceptors (Lipinski definition) is 3. The summed E-state index contributed by atoms with van der Waals surface area (Å²) in [6, 6.07) is 0. The molecule has 0 amide bonds. The molecule has 0 aromatic carbocycles. The molecule has 7 heteroatoms. The van der Waals surface area contributed by atoms with E-state index in [0.29, 0.717) is 43.4 Å². The number of rotatable bonds is 29. The summed E-state index contributed by atoms with van der Waals surface area (Å²) in [6.07, 6.45) is 25.1. The van der Waals surface area contributed by atoms with Gasteiger partial charge in [-0.2, -0.15) is 0 Å². The highest BCUT2D eigenvalue weighted by Gasteiger charge is 2.31. The summed E-state index contributed by atoms with van der Waals surface area (Å²) < 4.78 is 0.583. The minimum Gasteiger partial charge on any atom is -0.481 e. The van der Waals surface area contributed by atoms with Crippen LogP contribution in [-0.4, -0.2) is 63.9 Å². The van der Waals surface area contributed by atoms with Gasteiger partial charge in [0.05, 0.1) is 43.9 Å². The largest absolute Gasteiger partial charge is 0.481 e. The highest BCUT2D eigenvalue weighted by Crippen LogP contribution is 2.21. The summed E-state index contributed by atoms with van der Waals surface area (Å²) in [5.74, 6) is -3.96. The van der Waals surface area contributed by atoms with Crippen LogP contribution in [0, 0.1) is 17.8 Å². The number of carbonyl (C=O) groups is 3. The second kappa shape index (κ2) is 24.7. The highest BCUT2D eigenvalue weighted by molar-refractivity contribution is 5.70. The third-order valence-electron chi connectivity index (χ3n) is 8.77. The lowest BCUT2D eigenvalue weighted by molar-refractivity contribution is -0.929. The molecule has 0 spiro atoms. The molecule has 0 aliphatic heterocycles. The van der Waals surface area contributed by atoms with Crippen molar-refractivity contribution < 1.29 is 34.2 Å². The predicted octanol–water partition coefficient (Wildman–Crippen LogP) is 8.56. The van der Waals surface area contributed by atoms with Crippen LogP contribution in [0.15, 0.2) is 12.2 Å². The molecule has 7 nitrogen and oxygen atoms in total. The van der Waals surface area contributed by atoms with Gasteiger partial charge in [-0.15, -0.1) is 0 Å². The predicted molar refractivity (Wildman–Crippen MR) is 168 cm³/mol. The fourth-order valence-electron chi connectivity index (χ4n) is 5.33. The van der Waals surface area contributed by atoms with Gasteiger partial charge in [-0.3, -0.25) is 14.4 Å². The van der Waals surface area contributed by atoms with Crippen LogP contribution in [0.5, 0.6) is 0 Å². The number of hydrogen-bond donors (Lipinski definition) is 3. The van der Waals surface area contributed by atoms with Crippen molar-refractivity contribution in [3.63, 3.8) is 0 Å². The molecule has 0 saturated heterocycles. The average Bonchev–Trinajstić information content (AvgIpc) is 2.94. The Labute approximate surface area is 251 Å². The molecule has 0 fully saturated rings. The molecule has 0 aromatic rings. The monoisotopic (exact) mass is 582 g/mol. The number of nitrogens with zero attached hydrogens (tertiary/aromatic N) is 1. The normalized spacial score (nSPS) is 15.4. The van der Waals surface area contributed by atoms with Gasteiger partial charge in [-0.25, -0.2) is 0 Å². The molecule has 3 unspecified atom stereocenters. The van der Waals surface area contributed by atoms with Gasteiger partial charge in [-0.1, -0.05) is 110 Å². The van der Waals surface area contributed by atoms with E-state index in [0.717, 1.165) is 25.8 Å². The number of aliphatic carboxylic acids is 3. The van der Waals surface area contributed by atoms with Gasteiger partial charge in [-0.05, 0) is 19.3 Å². The van der Waals surface area contributed by atoms with Crippen LogP contribution in [0.2, 0.25) is 0 Å². The summed E-state index contributed by atoms with van der Waals surface area (Å²) >= 11 is 0. The number of unbranched alkanes of at least 4 members (excludes halogenated alkanes) is 13. The maximum atomic E-state index is 11.5. The lowest BCUT2D eigenvalue weighted by Crippen LogP contribution is -2.52. The van der Waals surface area contributed by atoms with Gasteiger partial charge >= 0.3 is 17.9 Å². The maximum Gasteiger partial charge on any atom is 0.306 e. The fourth-order valence-corrected chi connectivity index (χ4v) is 5.33. The van der Waals surface area contributed by atoms with E-state index in [1.807, 2.05) is 0 Å². The molecule has 0 radical (unpaired) electrons. The van der Waals surface area contributed by atoms with Crippen LogP contribution in [0.3, 0.4) is 0 Å². The Morgan fingerprint density at radius 1 is 0.512 bits per heavy atom. The van der Waals surface area contributed by atoms with Crippen molar-refractivity contribution in [2.75, 3.05) is 26.2 Å². The molecular weight excluding hydrogens is 518 g/mol. The van der Waals surface area contributed by atoms with E-state index >= 15 is 0 Å². The lowest BCUT2D eigenvalue weighted by atomic mass is 10.0. The molecule has 0 aromatic heterocycles. The zero-order chi connectivity index (χ0) is 30.9. The van der Waals surface area contributed by atoms with E-state index in [2.05, 4.69) is 19.1 Å². The number of quaternary nitrogens is 1. The summed E-state index contributed by atoms with van der Waals surface area (Å²) in [6.45, 7) is 10.0. The lowest BCUT2D eigenvalue weighted by Gasteiger charge is -2.40. The van der Waals surface area contributed by atoms with E-state index in [4.69, 9.17) is 0 Å². The quantitative estimate of drug-likeness (QED) is 0.0463. The van der Waals surface area contributed by atoms with Crippen molar-refractivity contribution in [2.45, 2.75) is 143 Å². The molecule has 0 saturated carbocycles. The van der Waals surface area contributed by atoms with Gasteiger partial charge in [0.1, 0.15) is 0 Å². The molecule has 0 aliphatic rings. The fraction of sp³-hybridized carbons (Fsp3) is 0.853. The van der Waals surface area contributed by atoms with Gasteiger partial charge in [0, 0.05) is 25.7 Å². The first-order chi connectivity index (χ1) is 19.5. The van der Waals surface area contributed by atoms with Crippen molar-refractivity contribution >= 4 is 17.9 Å². The van der Waals surface area contributed by atoms with Crippen LogP contribution in [0.4, 0.5) is 0 Å². The van der Waals surface area contributed by atoms with Crippen LogP contribution in [0.1, 0.15) is 143 Å². The Morgan fingerprint density at radius 3 is 1.17 bits per heavy atom. The van der Waals surface area contributed by atoms with E-state index in [-0.39, 0.29) is 0 Å². The van der Waals surface area contributed by atoms with Crippen molar-refractivity contribution in [2.24, 2.45) is 17.8 Å². The summed E-state index contributed by atoms with van der Waals surface area (Å²) in [7, 11) is 0. The molecule has 41 heavy (non-hydrogen) atoms. The van der Waals surface area contributed by atoms with Gasteiger partial charge < -0.3 is 19.8 Å². The zero-order valence-electron chi connectivity index (χ0n) is 27.0. The van der Waals surface area contributed by atoms with Gasteiger partial charge in [0.15, 0.2) is 0 Å². The molecule has 240 valence electrons. The Balaban J connectivity index is 4.64. The minimum atomic E-state index is -0.832. The summed E-state index contributed by atoms with van der Waals surface area (Å²) in [5.41, 5.74) is 0. The topological polar surface area (TPSA) is 112 Å². The number of carboxylic acids is 3. The molecule has 0 heterocycles. The Bertz CT molecular complexity index is 662. The van der Waals surface area contributed by atoms with Gasteiger partial charge in [0.2, 0.25) is 0 Å². The van der Waals surface area contributed by atoms with E-state index in [1.54, 1.807) is 20.8 Å². The van der Waals surface area contributed by atoms with Crippen LogP contribution in [0.25, 0.3) is 0 Å². The highest BCUT2D eigenvalue weighted by atomic mass is 16.4. The van der Waals surface area contributed by atoms with Crippen LogP contribution < -0.4 is 0 Å². The van der Waals surface area contributed by atoms with E-state index < -0.39 is 35.7 Å². The smallest absolute Gasteiger partial charge is 0.306 e. The Hall–Kier alpha value is -1.89. The Kier molecular flexibility index (Phi) is 23.5. The third kappa shape index (κ3) is 21.5. The van der Waals surface area contributed by atoms with Crippen molar-refractivity contribution in [3.8, 4) is 0 Å². The van der Waals surface area contributed by atoms with E-state index in [1.165, 1.54) is 77.0 Å². The number of allylic oxidation sites excluding steroid dienone is 2. The van der Waals surface area contributed by atoms with Crippen molar-refractivity contribution in [3.05, 3.63) is 12.2 Å². The van der Waals surface area contributed by atoms with Crippen LogP contribution in [-0.2, 0) is 14.4 Å². The van der Waals surface area contributed by atoms with E-state index in [9.17, 15) is 29.7 Å². The first kappa shape index (κ1) is 39.1. The molecule has 3 atom stereocenters. The van der Waals surface area contributed by atoms with Crippen LogP contribution >= 0.6 is 0 Å². The SMILES string of the molecule is CCCCCCCCCCCCCC/C=C/CCC[N+](CCC(C)C(=O)O)(CCC(C)C(=O)O)CCC(C)C(=O)O. The molecule has 0 bridgehead atoms. The van der Waals surface area contributed by atoms with Gasteiger partial charge in [0.25, 0.3) is 0 Å². The standard InChI is InChI=1S/C34H63NO6/c1-5-6-7-8-9-10-11-12-13-14-15-16-17-18-19-20-21-25-35(26-22-29(2)32(36)37,27-23-30(3)33(38)39)28-24-31(4)34(40)41/h18-19,29-31H,5-17,20-28H2,1-4H3,(H2-,36,37,38,39,40,41)/p+1/b19-18+. The summed E-state index contributed by atoms with van der Waals surface area (Å²) in [5, 5.41) is 28.3. The molecule has 3 N–H and O–H groups in total. The average molecular weight is 583 g/mol. The third-order valence-corrected chi connectivity index (χ3v) is 8.77. The maximum absolute atomic E-state index is 11.5. The molecular formula is C34H64NO6+. The van der Waals surface area contributed by atoms with Crippen molar-refractivity contribution in [1.29, 1.82) is 0 Å². The zero-order valence-corrected chi connectivity index (χ0v) is 27.0. The first-order valence-electron chi connectivity index (χ1n) is 16.7. The summed E-state index contributed by atoms with van der Waals surface area (Å²) in [4.78, 5) is 34.4. The number of carboxylic acid groups (broad SMARTS) is 3. The Morgan fingerprint density at radius 2 is 0.829 bits per heavy atom. The first-order valence-corrected chi connectivity index (χ1v) is 16.7. The molecule has 0 aliphatic carbocycles. The second-order valence-electron chi connectivity index (χ2n) is 12.6. The molecule has 0 rings (SSSR count). The minimum absolute atomic E-state index is 0.489. The van der Waals surface area contributed by atoms with Crippen molar-refractivity contribution in [1.82, 2.24) is 0 Å².